The van der Waals surface area contributed by atoms with Gasteiger partial charge in [0.1, 0.15) is 23.0 Å². The summed E-state index contributed by atoms with van der Waals surface area (Å²) in [5, 5.41) is 8.49. The summed E-state index contributed by atoms with van der Waals surface area (Å²) in [5.41, 5.74) is 16.3. The second-order valence-corrected chi connectivity index (χ2v) is 17.3. The second-order valence-electron chi connectivity index (χ2n) is 16.2. The van der Waals surface area contributed by atoms with Crippen LogP contribution in [0.4, 0.5) is 22.7 Å². The summed E-state index contributed by atoms with van der Waals surface area (Å²) in [4.78, 5) is 37.7. The Kier molecular flexibility index (Phi) is 15.1. The molecule has 0 bridgehead atoms. The number of carbonyl (C=O) groups excluding carboxylic acids is 1. The maximum absolute atomic E-state index is 12.1. The number of hydrogen-bond donors (Lipinski definition) is 1. The van der Waals surface area contributed by atoms with Gasteiger partial charge in [0, 0.05) is 121 Å². The number of alkyl halides is 1. The summed E-state index contributed by atoms with van der Waals surface area (Å²) < 4.78 is 26.5. The fourth-order valence-corrected chi connectivity index (χ4v) is 8.81. The van der Waals surface area contributed by atoms with Crippen molar-refractivity contribution in [3.8, 4) is 45.5 Å². The van der Waals surface area contributed by atoms with Crippen molar-refractivity contribution in [2.45, 2.75) is 25.3 Å². The van der Waals surface area contributed by atoms with Crippen LogP contribution in [0.25, 0.3) is 44.6 Å². The van der Waals surface area contributed by atoms with Crippen molar-refractivity contribution in [1.29, 1.82) is 0 Å². The molecule has 1 unspecified atom stereocenters. The van der Waals surface area contributed by atoms with E-state index in [1.807, 2.05) is 87.2 Å². The lowest BCUT2D eigenvalue weighted by molar-refractivity contribution is -0.124. The lowest BCUT2D eigenvalue weighted by Gasteiger charge is -2.36. The van der Waals surface area contributed by atoms with Crippen molar-refractivity contribution in [2.75, 3.05) is 68.8 Å². The zero-order valence-corrected chi connectivity index (χ0v) is 41.2. The second kappa shape index (κ2) is 21.7. The standard InChI is InChI=1S/C28H33N7O3.C22H22IN5O2/c1-33-18-19(16-31-33)26-17-30-24-8-7-20(14-25(24)32-26)35(21-12-22(37-2)15-23(13-21)38-3)11-10-34-9-5-4-6-27(34)28(29)36;1-27-14-15(12-25-27)22-13-24-20-5-4-16(10-21(20)26-22)28(7-6-23)17-8-18(29-2)11-19(9-17)30-3/h7-8,12-18,27H,4-6,9-11H2,1-3H3,(H2,29,36);4-5,8-14H,6-7H2,1-3H3. The van der Waals surface area contributed by atoms with Crippen molar-refractivity contribution in [3.05, 3.63) is 110 Å². The predicted octanol–water partition coefficient (Wildman–Crippen LogP) is 8.15. The van der Waals surface area contributed by atoms with E-state index in [9.17, 15) is 4.79 Å². The first-order valence-electron chi connectivity index (χ1n) is 22.2. The summed E-state index contributed by atoms with van der Waals surface area (Å²) in [6.45, 7) is 2.98. The van der Waals surface area contributed by atoms with Crippen molar-refractivity contribution < 1.29 is 23.7 Å². The van der Waals surface area contributed by atoms with E-state index in [0.717, 1.165) is 116 Å². The molecule has 9 rings (SSSR count). The molecule has 1 saturated heterocycles. The molecule has 0 spiro atoms. The van der Waals surface area contributed by atoms with Crippen molar-refractivity contribution in [2.24, 2.45) is 19.8 Å². The summed E-state index contributed by atoms with van der Waals surface area (Å²) in [6, 6.07) is 23.6. The van der Waals surface area contributed by atoms with Crippen molar-refractivity contribution in [1.82, 2.24) is 44.4 Å². The van der Waals surface area contributed by atoms with Gasteiger partial charge in [-0.05, 0) is 55.8 Å². The van der Waals surface area contributed by atoms with Crippen LogP contribution in [0.15, 0.2) is 110 Å². The zero-order chi connectivity index (χ0) is 47.7. The van der Waals surface area contributed by atoms with E-state index in [1.165, 1.54) is 0 Å². The molecular weight excluding hydrogens is 976 g/mol. The maximum atomic E-state index is 12.1. The number of fused-ring (bicyclic) bond motifs is 2. The Labute approximate surface area is 409 Å². The number of hydrogen-bond acceptors (Lipinski definition) is 14. The van der Waals surface area contributed by atoms with Gasteiger partial charge in [0.25, 0.3) is 0 Å². The number of likely N-dealkylation sites (tertiary alicyclic amines) is 1. The number of carbonyl (C=O) groups is 1. The molecule has 0 aliphatic carbocycles. The first-order valence-corrected chi connectivity index (χ1v) is 23.7. The van der Waals surface area contributed by atoms with Gasteiger partial charge in [0.15, 0.2) is 0 Å². The number of anilines is 4. The van der Waals surface area contributed by atoms with Gasteiger partial charge in [-0.1, -0.05) is 29.0 Å². The number of aromatic nitrogens is 8. The first-order chi connectivity index (χ1) is 33.0. The Bertz CT molecular complexity index is 2970. The molecule has 0 saturated carbocycles. The van der Waals surface area contributed by atoms with Crippen LogP contribution in [0.2, 0.25) is 0 Å². The smallest absolute Gasteiger partial charge is 0.234 e. The average molecular weight is 1030 g/mol. The molecule has 8 aromatic rings. The monoisotopic (exact) mass is 1030 g/mol. The number of ether oxygens (including phenoxy) is 4. The van der Waals surface area contributed by atoms with Crippen LogP contribution in [-0.4, -0.2) is 115 Å². The number of rotatable bonds is 16. The number of piperidine rings is 1. The number of nitrogens with two attached hydrogens (primary N) is 1. The third-order valence-corrected chi connectivity index (χ3v) is 12.3. The molecule has 2 N–H and O–H groups in total. The number of aryl methyl sites for hydroxylation is 2. The molecule has 352 valence electrons. The van der Waals surface area contributed by atoms with Gasteiger partial charge in [-0.15, -0.1) is 0 Å². The van der Waals surface area contributed by atoms with E-state index in [2.05, 4.69) is 69.6 Å². The Hall–Kier alpha value is -7.06. The first kappa shape index (κ1) is 47.4. The van der Waals surface area contributed by atoms with Gasteiger partial charge in [0.05, 0.1) is 92.7 Å². The van der Waals surface area contributed by atoms with Crippen LogP contribution in [0.5, 0.6) is 23.0 Å². The molecule has 68 heavy (non-hydrogen) atoms. The van der Waals surface area contributed by atoms with Gasteiger partial charge < -0.3 is 34.5 Å². The molecule has 0 radical (unpaired) electrons. The van der Waals surface area contributed by atoms with Gasteiger partial charge in [-0.2, -0.15) is 10.2 Å². The van der Waals surface area contributed by atoms with E-state index in [-0.39, 0.29) is 11.9 Å². The SMILES string of the molecule is COc1cc(OC)cc(N(CCI)c2ccc3ncc(-c4cnn(C)c4)nc3c2)c1.COc1cc(OC)cc(N(CCN2CCCCC2C(N)=O)c2ccc3ncc(-c4cnn(C)c4)nc3c2)c1. The van der Waals surface area contributed by atoms with Gasteiger partial charge in [0.2, 0.25) is 5.91 Å². The van der Waals surface area contributed by atoms with E-state index < -0.39 is 0 Å². The normalized spacial score (nSPS) is 13.7. The van der Waals surface area contributed by atoms with Gasteiger partial charge in [-0.3, -0.25) is 29.0 Å². The van der Waals surface area contributed by atoms with Crippen molar-refractivity contribution >= 4 is 73.3 Å². The number of methoxy groups -OCH3 is 4. The Balaban J connectivity index is 0.000000189. The minimum absolute atomic E-state index is 0.241. The highest BCUT2D eigenvalue weighted by Crippen LogP contribution is 2.36. The van der Waals surface area contributed by atoms with E-state index in [1.54, 1.807) is 62.6 Å². The summed E-state index contributed by atoms with van der Waals surface area (Å²) in [5.74, 6) is 2.63. The molecule has 5 heterocycles. The molecule has 1 fully saturated rings. The Morgan fingerprint density at radius 3 is 1.51 bits per heavy atom. The highest BCUT2D eigenvalue weighted by Gasteiger charge is 2.27. The van der Waals surface area contributed by atoms with E-state index in [4.69, 9.17) is 34.6 Å². The van der Waals surface area contributed by atoms with E-state index in [0.29, 0.717) is 24.6 Å². The molecule has 18 heteroatoms. The summed E-state index contributed by atoms with van der Waals surface area (Å²) in [7, 11) is 10.4. The molecule has 1 amide bonds. The number of primary amides is 1. The predicted molar refractivity (Wildman–Crippen MR) is 274 cm³/mol. The number of nitrogens with zero attached hydrogens (tertiary/aromatic N) is 11. The lowest BCUT2D eigenvalue weighted by Crippen LogP contribution is -2.49. The summed E-state index contributed by atoms with van der Waals surface area (Å²) in [6.07, 6.45) is 13.9. The third kappa shape index (κ3) is 11.0. The van der Waals surface area contributed by atoms with Crippen LogP contribution < -0.4 is 34.5 Å². The molecule has 4 aromatic carbocycles. The fraction of sp³-hybridized carbons (Fsp3) is 0.300. The summed E-state index contributed by atoms with van der Waals surface area (Å²) >= 11 is 2.38. The van der Waals surface area contributed by atoms with Gasteiger partial charge in [-0.25, -0.2) is 9.97 Å². The molecule has 4 aromatic heterocycles. The largest absolute Gasteiger partial charge is 0.497 e. The Morgan fingerprint density at radius 1 is 0.632 bits per heavy atom. The lowest BCUT2D eigenvalue weighted by atomic mass is 10.0. The van der Waals surface area contributed by atoms with Crippen LogP contribution in [0.3, 0.4) is 0 Å². The zero-order valence-electron chi connectivity index (χ0n) is 39.0. The minimum Gasteiger partial charge on any atom is -0.497 e. The number of benzene rings is 4. The van der Waals surface area contributed by atoms with Crippen molar-refractivity contribution in [3.63, 3.8) is 0 Å². The average Bonchev–Trinajstić information content (AvgIpc) is 4.02. The highest BCUT2D eigenvalue weighted by molar-refractivity contribution is 14.1. The number of halogens is 1. The van der Waals surface area contributed by atoms with Crippen LogP contribution in [0, 0.1) is 0 Å². The number of amides is 1. The van der Waals surface area contributed by atoms with Crippen LogP contribution in [0.1, 0.15) is 19.3 Å². The topological polar surface area (TPSA) is 177 Å². The van der Waals surface area contributed by atoms with Crippen LogP contribution in [-0.2, 0) is 18.9 Å². The van der Waals surface area contributed by atoms with E-state index >= 15 is 0 Å². The van der Waals surface area contributed by atoms with Crippen LogP contribution >= 0.6 is 22.6 Å². The fourth-order valence-electron chi connectivity index (χ4n) is 8.33. The molecule has 1 atom stereocenters. The highest BCUT2D eigenvalue weighted by atomic mass is 127. The molecule has 17 nitrogen and oxygen atoms in total. The molecular formula is C50H55IN12O5. The minimum atomic E-state index is -0.261. The molecule has 1 aliphatic rings. The maximum Gasteiger partial charge on any atom is 0.234 e. The Morgan fingerprint density at radius 2 is 1.10 bits per heavy atom. The quantitative estimate of drug-likeness (QED) is 0.0725. The third-order valence-electron chi connectivity index (χ3n) is 11.8. The van der Waals surface area contributed by atoms with Gasteiger partial charge >= 0.3 is 0 Å². The molecule has 1 aliphatic heterocycles.